The number of aliphatic hydroxyl groups excluding tert-OH is 1. The van der Waals surface area contributed by atoms with Gasteiger partial charge in [-0.1, -0.05) is 32.9 Å². The molecule has 0 bridgehead atoms. The third-order valence-electron chi connectivity index (χ3n) is 3.29. The zero-order valence-electron chi connectivity index (χ0n) is 12.8. The summed E-state index contributed by atoms with van der Waals surface area (Å²) in [5.41, 5.74) is 1.70. The number of benzene rings is 1. The summed E-state index contributed by atoms with van der Waals surface area (Å²) < 4.78 is 0. The minimum Gasteiger partial charge on any atom is -0.393 e. The number of carbonyl (C=O) groups is 2. The Hall–Kier alpha value is -1.88. The molecule has 0 aliphatic heterocycles. The number of aryl methyl sites for hydroxylation is 1. The van der Waals surface area contributed by atoms with Crippen LogP contribution in [0.2, 0.25) is 0 Å². The number of rotatable bonds is 6. The van der Waals surface area contributed by atoms with E-state index in [1.165, 1.54) is 0 Å². The molecule has 0 aliphatic rings. The van der Waals surface area contributed by atoms with Crippen LogP contribution in [0.1, 0.15) is 32.8 Å². The molecule has 3 N–H and O–H groups in total. The third-order valence-corrected chi connectivity index (χ3v) is 3.29. The Morgan fingerprint density at radius 2 is 1.95 bits per heavy atom. The van der Waals surface area contributed by atoms with E-state index in [1.54, 1.807) is 6.07 Å². The van der Waals surface area contributed by atoms with Gasteiger partial charge in [-0.25, -0.2) is 0 Å². The van der Waals surface area contributed by atoms with Gasteiger partial charge in [0.1, 0.15) is 0 Å². The summed E-state index contributed by atoms with van der Waals surface area (Å²) in [6.45, 7) is 6.11. The van der Waals surface area contributed by atoms with Crippen LogP contribution in [-0.4, -0.2) is 29.6 Å². The molecule has 2 amide bonds. The number of carbonyl (C=O) groups excluding carboxylic acids is 2. The lowest BCUT2D eigenvalue weighted by Crippen LogP contribution is -2.37. The van der Waals surface area contributed by atoms with E-state index in [4.69, 9.17) is 0 Å². The van der Waals surface area contributed by atoms with Gasteiger partial charge in [0, 0.05) is 12.2 Å². The number of hydrogen-bond acceptors (Lipinski definition) is 3. The molecule has 5 heteroatoms. The molecule has 1 aromatic carbocycles. The Morgan fingerprint density at radius 1 is 1.24 bits per heavy atom. The molecule has 1 unspecified atom stereocenters. The van der Waals surface area contributed by atoms with Crippen molar-refractivity contribution >= 4 is 17.5 Å². The van der Waals surface area contributed by atoms with Crippen molar-refractivity contribution in [2.45, 2.75) is 39.7 Å². The average molecular weight is 292 g/mol. The van der Waals surface area contributed by atoms with Crippen molar-refractivity contribution in [2.75, 3.05) is 11.9 Å². The van der Waals surface area contributed by atoms with Gasteiger partial charge in [0.05, 0.1) is 6.10 Å². The summed E-state index contributed by atoms with van der Waals surface area (Å²) in [6.07, 6.45) is 0.819. The number of amides is 2. The Balaban J connectivity index is 2.42. The number of nitrogens with one attached hydrogen (secondary N) is 2. The molecule has 0 heterocycles. The molecule has 0 spiro atoms. The van der Waals surface area contributed by atoms with E-state index < -0.39 is 17.9 Å². The predicted molar refractivity (Wildman–Crippen MR) is 82.9 cm³/mol. The summed E-state index contributed by atoms with van der Waals surface area (Å²) in [5, 5.41) is 14.7. The maximum Gasteiger partial charge on any atom is 0.313 e. The highest BCUT2D eigenvalue weighted by atomic mass is 16.3. The topological polar surface area (TPSA) is 78.4 Å². The Morgan fingerprint density at radius 3 is 2.57 bits per heavy atom. The minimum absolute atomic E-state index is 0.132. The first-order valence-corrected chi connectivity index (χ1v) is 7.30. The van der Waals surface area contributed by atoms with Crippen molar-refractivity contribution in [3.05, 3.63) is 29.8 Å². The highest BCUT2D eigenvalue weighted by molar-refractivity contribution is 6.39. The molecule has 5 nitrogen and oxygen atoms in total. The SMILES string of the molecule is CCc1cccc(NC(=O)C(=O)NCCC(O)C(C)C)c1. The molecule has 1 aromatic rings. The van der Waals surface area contributed by atoms with E-state index in [0.717, 1.165) is 12.0 Å². The van der Waals surface area contributed by atoms with Crippen LogP contribution in [0.5, 0.6) is 0 Å². The maximum absolute atomic E-state index is 11.7. The van der Waals surface area contributed by atoms with Crippen molar-refractivity contribution < 1.29 is 14.7 Å². The van der Waals surface area contributed by atoms with Crippen molar-refractivity contribution in [2.24, 2.45) is 5.92 Å². The highest BCUT2D eigenvalue weighted by Crippen LogP contribution is 2.10. The zero-order valence-corrected chi connectivity index (χ0v) is 12.8. The summed E-state index contributed by atoms with van der Waals surface area (Å²) in [6, 6.07) is 7.38. The molecular formula is C16H24N2O3. The van der Waals surface area contributed by atoms with Gasteiger partial charge in [-0.2, -0.15) is 0 Å². The molecule has 0 saturated carbocycles. The monoisotopic (exact) mass is 292 g/mol. The van der Waals surface area contributed by atoms with E-state index in [9.17, 15) is 14.7 Å². The van der Waals surface area contributed by atoms with Gasteiger partial charge >= 0.3 is 11.8 Å². The summed E-state index contributed by atoms with van der Waals surface area (Å²) in [5.74, 6) is -1.25. The first kappa shape index (κ1) is 17.2. The number of aliphatic hydroxyl groups is 1. The molecule has 1 atom stereocenters. The standard InChI is InChI=1S/C16H24N2O3/c1-4-12-6-5-7-13(10-12)18-16(21)15(20)17-9-8-14(19)11(2)3/h5-7,10-11,14,19H,4,8-9H2,1-3H3,(H,17,20)(H,18,21). The van der Waals surface area contributed by atoms with E-state index in [-0.39, 0.29) is 12.5 Å². The Bertz CT molecular complexity index is 486. The Kier molecular flexibility index (Phi) is 6.88. The van der Waals surface area contributed by atoms with Crippen LogP contribution >= 0.6 is 0 Å². The van der Waals surface area contributed by atoms with Crippen molar-refractivity contribution in [1.29, 1.82) is 0 Å². The lowest BCUT2D eigenvalue weighted by atomic mass is 10.0. The van der Waals surface area contributed by atoms with Crippen LogP contribution in [-0.2, 0) is 16.0 Å². The van der Waals surface area contributed by atoms with E-state index in [1.807, 2.05) is 39.0 Å². The normalized spacial score (nSPS) is 12.0. The summed E-state index contributed by atoms with van der Waals surface area (Å²) in [7, 11) is 0. The Labute approximate surface area is 125 Å². The van der Waals surface area contributed by atoms with Crippen LogP contribution in [0.25, 0.3) is 0 Å². The van der Waals surface area contributed by atoms with Gasteiger partial charge in [-0.15, -0.1) is 0 Å². The fourth-order valence-electron chi connectivity index (χ4n) is 1.80. The van der Waals surface area contributed by atoms with Gasteiger partial charge in [-0.3, -0.25) is 9.59 Å². The molecule has 116 valence electrons. The quantitative estimate of drug-likeness (QED) is 0.698. The van der Waals surface area contributed by atoms with E-state index in [0.29, 0.717) is 12.1 Å². The molecular weight excluding hydrogens is 268 g/mol. The number of anilines is 1. The van der Waals surface area contributed by atoms with E-state index >= 15 is 0 Å². The van der Waals surface area contributed by atoms with Gasteiger partial charge < -0.3 is 15.7 Å². The minimum atomic E-state index is -0.692. The first-order valence-electron chi connectivity index (χ1n) is 7.30. The second-order valence-corrected chi connectivity index (χ2v) is 5.36. The molecule has 0 aliphatic carbocycles. The molecule has 1 rings (SSSR count). The number of hydrogen-bond donors (Lipinski definition) is 3. The van der Waals surface area contributed by atoms with E-state index in [2.05, 4.69) is 10.6 Å². The first-order chi connectivity index (χ1) is 9.93. The molecule has 0 radical (unpaired) electrons. The van der Waals surface area contributed by atoms with Crippen molar-refractivity contribution in [1.82, 2.24) is 5.32 Å². The smallest absolute Gasteiger partial charge is 0.313 e. The average Bonchev–Trinajstić information content (AvgIpc) is 2.46. The van der Waals surface area contributed by atoms with Crippen LogP contribution in [0.4, 0.5) is 5.69 Å². The second-order valence-electron chi connectivity index (χ2n) is 5.36. The largest absolute Gasteiger partial charge is 0.393 e. The van der Waals surface area contributed by atoms with Gasteiger partial charge in [0.2, 0.25) is 0 Å². The van der Waals surface area contributed by atoms with Crippen molar-refractivity contribution in [3.63, 3.8) is 0 Å². The van der Waals surface area contributed by atoms with Crippen LogP contribution in [0.15, 0.2) is 24.3 Å². The third kappa shape index (κ3) is 5.95. The predicted octanol–water partition coefficient (Wildman–Crippen LogP) is 1.71. The summed E-state index contributed by atoms with van der Waals surface area (Å²) >= 11 is 0. The van der Waals surface area contributed by atoms with Gasteiger partial charge in [-0.05, 0) is 36.5 Å². The fraction of sp³-hybridized carbons (Fsp3) is 0.500. The lowest BCUT2D eigenvalue weighted by Gasteiger charge is -2.14. The molecule has 21 heavy (non-hydrogen) atoms. The summed E-state index contributed by atoms with van der Waals surface area (Å²) in [4.78, 5) is 23.4. The maximum atomic E-state index is 11.7. The molecule has 0 fully saturated rings. The molecule has 0 saturated heterocycles. The fourth-order valence-corrected chi connectivity index (χ4v) is 1.80. The van der Waals surface area contributed by atoms with Crippen LogP contribution < -0.4 is 10.6 Å². The second kappa shape index (κ2) is 8.42. The van der Waals surface area contributed by atoms with Crippen LogP contribution in [0, 0.1) is 5.92 Å². The zero-order chi connectivity index (χ0) is 15.8. The highest BCUT2D eigenvalue weighted by Gasteiger charge is 2.15. The van der Waals surface area contributed by atoms with Crippen LogP contribution in [0.3, 0.4) is 0 Å². The van der Waals surface area contributed by atoms with Gasteiger partial charge in [0.15, 0.2) is 0 Å². The lowest BCUT2D eigenvalue weighted by molar-refractivity contribution is -0.136. The van der Waals surface area contributed by atoms with Gasteiger partial charge in [0.25, 0.3) is 0 Å². The van der Waals surface area contributed by atoms with Crippen molar-refractivity contribution in [3.8, 4) is 0 Å². The molecule has 0 aromatic heterocycles.